The number of nitrogens with one attached hydrogen (secondary N) is 2. The number of imidazole rings is 1. The summed E-state index contributed by atoms with van der Waals surface area (Å²) in [5.41, 5.74) is 2.51. The van der Waals surface area contributed by atoms with Crippen LogP contribution in [-0.4, -0.2) is 27.4 Å². The van der Waals surface area contributed by atoms with Crippen molar-refractivity contribution in [2.24, 2.45) is 0 Å². The summed E-state index contributed by atoms with van der Waals surface area (Å²) in [6, 6.07) is 11.3. The molecule has 0 aliphatic carbocycles. The Kier molecular flexibility index (Phi) is 4.25. The molecule has 1 aromatic carbocycles. The van der Waals surface area contributed by atoms with Gasteiger partial charge in [-0.3, -0.25) is 9.78 Å². The highest BCUT2D eigenvalue weighted by atomic mass is 16.1. The van der Waals surface area contributed by atoms with Gasteiger partial charge in [0.1, 0.15) is 5.82 Å². The lowest BCUT2D eigenvalue weighted by atomic mass is 10.1. The predicted molar refractivity (Wildman–Crippen MR) is 84.3 cm³/mol. The number of carbonyl (C=O) groups is 1. The molecular formula is C17H16N4O. The van der Waals surface area contributed by atoms with Crippen molar-refractivity contribution < 1.29 is 4.79 Å². The first kappa shape index (κ1) is 14.0. The zero-order valence-electron chi connectivity index (χ0n) is 12.0. The largest absolute Gasteiger partial charge is 0.352 e. The van der Waals surface area contributed by atoms with Crippen LogP contribution in [0.1, 0.15) is 15.9 Å². The van der Waals surface area contributed by atoms with Crippen LogP contribution in [0.2, 0.25) is 0 Å². The van der Waals surface area contributed by atoms with E-state index in [9.17, 15) is 4.79 Å². The molecule has 5 nitrogen and oxygen atoms in total. The topological polar surface area (TPSA) is 70.7 Å². The van der Waals surface area contributed by atoms with Crippen molar-refractivity contribution in [2.45, 2.75) is 6.42 Å². The van der Waals surface area contributed by atoms with Crippen molar-refractivity contribution in [1.29, 1.82) is 0 Å². The molecule has 3 rings (SSSR count). The lowest BCUT2D eigenvalue weighted by molar-refractivity contribution is 0.0954. The number of aromatic amines is 1. The second-order valence-electron chi connectivity index (χ2n) is 4.85. The molecule has 0 radical (unpaired) electrons. The van der Waals surface area contributed by atoms with Crippen molar-refractivity contribution in [3.8, 4) is 11.4 Å². The highest BCUT2D eigenvalue weighted by molar-refractivity contribution is 6.00. The van der Waals surface area contributed by atoms with Gasteiger partial charge in [-0.1, -0.05) is 24.3 Å². The maximum Gasteiger partial charge on any atom is 0.252 e. The van der Waals surface area contributed by atoms with Crippen LogP contribution in [0.15, 0.2) is 61.2 Å². The van der Waals surface area contributed by atoms with Gasteiger partial charge >= 0.3 is 0 Å². The number of hydrogen-bond acceptors (Lipinski definition) is 3. The van der Waals surface area contributed by atoms with Crippen LogP contribution < -0.4 is 5.32 Å². The van der Waals surface area contributed by atoms with Crippen LogP contribution in [0.3, 0.4) is 0 Å². The number of H-pyrrole nitrogens is 1. The predicted octanol–water partition coefficient (Wildman–Crippen LogP) is 2.44. The molecule has 0 aliphatic rings. The minimum absolute atomic E-state index is 0.101. The van der Waals surface area contributed by atoms with E-state index in [4.69, 9.17) is 0 Å². The van der Waals surface area contributed by atoms with Gasteiger partial charge in [-0.05, 0) is 24.1 Å². The van der Waals surface area contributed by atoms with Gasteiger partial charge in [-0.25, -0.2) is 4.98 Å². The molecule has 0 unspecified atom stereocenters. The molecule has 2 aromatic heterocycles. The SMILES string of the molecule is O=C(NCCc1cccnc1)c1ccccc1-c1ncc[nH]1. The number of hydrogen-bond donors (Lipinski definition) is 2. The molecular weight excluding hydrogens is 276 g/mol. The molecule has 0 atom stereocenters. The van der Waals surface area contributed by atoms with Crippen molar-refractivity contribution in [1.82, 2.24) is 20.3 Å². The smallest absolute Gasteiger partial charge is 0.252 e. The Bertz CT molecular complexity index is 738. The van der Waals surface area contributed by atoms with Gasteiger partial charge in [0.25, 0.3) is 5.91 Å². The Balaban J connectivity index is 1.68. The molecule has 2 N–H and O–H groups in total. The first-order valence-corrected chi connectivity index (χ1v) is 7.10. The van der Waals surface area contributed by atoms with E-state index in [2.05, 4.69) is 20.3 Å². The summed E-state index contributed by atoms with van der Waals surface area (Å²) in [5, 5.41) is 2.94. The quantitative estimate of drug-likeness (QED) is 0.759. The van der Waals surface area contributed by atoms with E-state index in [0.717, 1.165) is 17.5 Å². The number of benzene rings is 1. The minimum atomic E-state index is -0.101. The zero-order valence-corrected chi connectivity index (χ0v) is 12.0. The molecule has 3 aromatic rings. The number of carbonyl (C=O) groups excluding carboxylic acids is 1. The summed E-state index contributed by atoms with van der Waals surface area (Å²) in [7, 11) is 0. The average Bonchev–Trinajstić information content (AvgIpc) is 3.10. The maximum absolute atomic E-state index is 12.4. The lowest BCUT2D eigenvalue weighted by Crippen LogP contribution is -2.26. The second-order valence-corrected chi connectivity index (χ2v) is 4.85. The maximum atomic E-state index is 12.4. The fraction of sp³-hybridized carbons (Fsp3) is 0.118. The molecule has 1 amide bonds. The van der Waals surface area contributed by atoms with Crippen molar-refractivity contribution >= 4 is 5.91 Å². The first-order chi connectivity index (χ1) is 10.8. The average molecular weight is 292 g/mol. The Morgan fingerprint density at radius 2 is 2.05 bits per heavy atom. The molecule has 5 heteroatoms. The van der Waals surface area contributed by atoms with Gasteiger partial charge in [0, 0.05) is 36.9 Å². The van der Waals surface area contributed by atoms with E-state index in [0.29, 0.717) is 17.9 Å². The minimum Gasteiger partial charge on any atom is -0.352 e. The second kappa shape index (κ2) is 6.67. The number of rotatable bonds is 5. The Morgan fingerprint density at radius 3 is 2.82 bits per heavy atom. The molecule has 0 saturated carbocycles. The van der Waals surface area contributed by atoms with E-state index in [1.165, 1.54) is 0 Å². The van der Waals surface area contributed by atoms with E-state index >= 15 is 0 Å². The van der Waals surface area contributed by atoms with E-state index in [1.54, 1.807) is 24.7 Å². The number of pyridine rings is 1. The zero-order chi connectivity index (χ0) is 15.2. The third-order valence-corrected chi connectivity index (χ3v) is 3.35. The highest BCUT2D eigenvalue weighted by Crippen LogP contribution is 2.19. The fourth-order valence-electron chi connectivity index (χ4n) is 2.26. The number of nitrogens with zero attached hydrogens (tertiary/aromatic N) is 2. The van der Waals surface area contributed by atoms with Gasteiger partial charge in [0.05, 0.1) is 5.56 Å². The third-order valence-electron chi connectivity index (χ3n) is 3.35. The summed E-state index contributed by atoms with van der Waals surface area (Å²) in [6.07, 6.45) is 7.71. The number of aromatic nitrogens is 3. The fourth-order valence-corrected chi connectivity index (χ4v) is 2.26. The summed E-state index contributed by atoms with van der Waals surface area (Å²) < 4.78 is 0. The monoisotopic (exact) mass is 292 g/mol. The van der Waals surface area contributed by atoms with Crippen LogP contribution >= 0.6 is 0 Å². The van der Waals surface area contributed by atoms with Gasteiger partial charge in [-0.15, -0.1) is 0 Å². The van der Waals surface area contributed by atoms with Gasteiger partial charge < -0.3 is 10.3 Å². The standard InChI is InChI=1S/C17H16N4O/c22-17(21-9-7-13-4-3-8-18-12-13)15-6-2-1-5-14(15)16-19-10-11-20-16/h1-6,8,10-12H,7,9H2,(H,19,20)(H,21,22). The third kappa shape index (κ3) is 3.20. The van der Waals surface area contributed by atoms with E-state index in [-0.39, 0.29) is 5.91 Å². The Morgan fingerprint density at radius 1 is 1.14 bits per heavy atom. The van der Waals surface area contributed by atoms with E-state index in [1.807, 2.05) is 36.5 Å². The molecule has 0 bridgehead atoms. The normalized spacial score (nSPS) is 10.4. The Hall–Kier alpha value is -2.95. The summed E-state index contributed by atoms with van der Waals surface area (Å²) in [5.74, 6) is 0.592. The van der Waals surface area contributed by atoms with Crippen molar-refractivity contribution in [3.05, 3.63) is 72.3 Å². The van der Waals surface area contributed by atoms with Crippen LogP contribution in [0, 0.1) is 0 Å². The molecule has 0 fully saturated rings. The lowest BCUT2D eigenvalue weighted by Gasteiger charge is -2.08. The van der Waals surface area contributed by atoms with Gasteiger partial charge in [0.2, 0.25) is 0 Å². The number of amides is 1. The summed E-state index contributed by atoms with van der Waals surface area (Å²) in [4.78, 5) is 23.7. The molecule has 0 aliphatic heterocycles. The highest BCUT2D eigenvalue weighted by Gasteiger charge is 2.13. The molecule has 2 heterocycles. The Labute approximate surface area is 128 Å². The van der Waals surface area contributed by atoms with Crippen molar-refractivity contribution in [3.63, 3.8) is 0 Å². The molecule has 0 saturated heterocycles. The van der Waals surface area contributed by atoms with Crippen LogP contribution in [0.25, 0.3) is 11.4 Å². The van der Waals surface area contributed by atoms with Gasteiger partial charge in [0.15, 0.2) is 0 Å². The molecule has 0 spiro atoms. The summed E-state index contributed by atoms with van der Waals surface area (Å²) in [6.45, 7) is 0.566. The first-order valence-electron chi connectivity index (χ1n) is 7.10. The molecule has 22 heavy (non-hydrogen) atoms. The van der Waals surface area contributed by atoms with Crippen LogP contribution in [-0.2, 0) is 6.42 Å². The van der Waals surface area contributed by atoms with Gasteiger partial charge in [-0.2, -0.15) is 0 Å². The van der Waals surface area contributed by atoms with Crippen LogP contribution in [0.4, 0.5) is 0 Å². The van der Waals surface area contributed by atoms with Crippen LogP contribution in [0.5, 0.6) is 0 Å². The molecule has 110 valence electrons. The van der Waals surface area contributed by atoms with Crippen molar-refractivity contribution in [2.75, 3.05) is 6.54 Å². The summed E-state index contributed by atoms with van der Waals surface area (Å²) >= 11 is 0. The van der Waals surface area contributed by atoms with E-state index < -0.39 is 0 Å².